The zero-order valence-corrected chi connectivity index (χ0v) is 41.1. The molecule has 3 nitrogen and oxygen atoms in total. The van der Waals surface area contributed by atoms with Crippen LogP contribution in [0.2, 0.25) is 0 Å². The molecule has 332 valence electrons. The van der Waals surface area contributed by atoms with Gasteiger partial charge < -0.3 is 15.0 Å². The Hall–Kier alpha value is -5.80. The van der Waals surface area contributed by atoms with E-state index < -0.39 is 23.6 Å². The van der Waals surface area contributed by atoms with E-state index in [-0.39, 0.29) is 36.6 Å². The maximum atomic E-state index is 10.0. The van der Waals surface area contributed by atoms with Crippen LogP contribution >= 0.6 is 0 Å². The zero-order valence-electron chi connectivity index (χ0n) is 42.7. The minimum absolute atomic E-state index is 0. The van der Waals surface area contributed by atoms with Gasteiger partial charge in [0, 0.05) is 24.1 Å². The third-order valence-electron chi connectivity index (χ3n) is 13.5. The van der Waals surface area contributed by atoms with E-state index in [1.54, 1.807) is 6.20 Å². The SMILES string of the molecule is [2H]C([2H])(c1cc(CC(C)(C)c2ccc(-c3[c-]cccc3)nc2)cc(CC(C)(C)c2ccc(-c3[c-]cccc3)nc2)c1)C([2H])([2H])c1cnc(-c2[c-]cccc2)cc1-c1ccc(C2(C)CCCCC2)cc1.[Ir+3]. The van der Waals surface area contributed by atoms with Crippen LogP contribution in [-0.2, 0) is 61.9 Å². The fourth-order valence-electron chi connectivity index (χ4n) is 9.58. The molecule has 0 saturated heterocycles. The first kappa shape index (κ1) is 41.6. The zero-order chi connectivity index (χ0) is 48.4. The molecule has 0 unspecified atom stereocenters. The summed E-state index contributed by atoms with van der Waals surface area (Å²) in [5, 5.41) is 0. The first-order valence-corrected chi connectivity index (χ1v) is 23.1. The van der Waals surface area contributed by atoms with E-state index in [0.29, 0.717) is 24.1 Å². The molecule has 1 saturated carbocycles. The van der Waals surface area contributed by atoms with Crippen LogP contribution in [0.1, 0.15) is 111 Å². The smallest absolute Gasteiger partial charge is 0.304 e. The fourth-order valence-corrected chi connectivity index (χ4v) is 9.58. The van der Waals surface area contributed by atoms with E-state index in [2.05, 4.69) is 95.3 Å². The van der Waals surface area contributed by atoms with E-state index in [9.17, 15) is 5.48 Å². The number of rotatable bonds is 14. The summed E-state index contributed by atoms with van der Waals surface area (Å²) in [5.74, 6) is 0. The van der Waals surface area contributed by atoms with Gasteiger partial charge in [0.15, 0.2) is 0 Å². The summed E-state index contributed by atoms with van der Waals surface area (Å²) < 4.78 is 40.0. The summed E-state index contributed by atoms with van der Waals surface area (Å²) in [5.41, 5.74) is 11.4. The van der Waals surface area contributed by atoms with Gasteiger partial charge in [0.2, 0.25) is 0 Å². The number of benzene rings is 5. The van der Waals surface area contributed by atoms with Gasteiger partial charge in [-0.05, 0) is 122 Å². The molecule has 1 aliphatic rings. The van der Waals surface area contributed by atoms with Crippen molar-refractivity contribution in [1.29, 1.82) is 0 Å². The summed E-state index contributed by atoms with van der Waals surface area (Å²) in [6.07, 6.45) is 7.50. The number of hydrogen-bond donors (Lipinski definition) is 0. The predicted octanol–water partition coefficient (Wildman–Crippen LogP) is 15.0. The Morgan fingerprint density at radius 3 is 1.48 bits per heavy atom. The van der Waals surface area contributed by atoms with Crippen molar-refractivity contribution in [3.8, 4) is 44.9 Å². The maximum Gasteiger partial charge on any atom is 3.00 e. The Kier molecular flexibility index (Phi) is 12.8. The molecule has 8 aromatic rings. The van der Waals surface area contributed by atoms with Crippen molar-refractivity contribution in [3.63, 3.8) is 0 Å². The Balaban J connectivity index is 0.00000659. The molecule has 66 heavy (non-hydrogen) atoms. The number of pyridine rings is 3. The molecule has 0 aliphatic heterocycles. The van der Waals surface area contributed by atoms with Gasteiger partial charge in [0.05, 0.1) is 0 Å². The van der Waals surface area contributed by atoms with Crippen LogP contribution in [0.3, 0.4) is 0 Å². The van der Waals surface area contributed by atoms with E-state index in [0.717, 1.165) is 68.7 Å². The molecule has 0 N–H and O–H groups in total. The molecule has 9 rings (SSSR count). The molecule has 5 aromatic carbocycles. The van der Waals surface area contributed by atoms with Gasteiger partial charge in [-0.25, -0.2) is 0 Å². The monoisotopic (exact) mass is 1040 g/mol. The third kappa shape index (κ3) is 10.9. The van der Waals surface area contributed by atoms with Crippen molar-refractivity contribution in [2.24, 2.45) is 0 Å². The maximum absolute atomic E-state index is 10.0. The van der Waals surface area contributed by atoms with Crippen LogP contribution in [0, 0.1) is 18.2 Å². The number of hydrogen-bond acceptors (Lipinski definition) is 3. The van der Waals surface area contributed by atoms with Crippen molar-refractivity contribution in [2.45, 2.75) is 109 Å². The van der Waals surface area contributed by atoms with Crippen LogP contribution in [-0.4, -0.2) is 15.0 Å². The molecule has 0 amide bonds. The van der Waals surface area contributed by atoms with E-state index in [1.165, 1.54) is 24.8 Å². The fraction of sp³-hybridized carbons (Fsp3) is 0.274. The molecule has 1 aliphatic carbocycles. The van der Waals surface area contributed by atoms with Gasteiger partial charge >= 0.3 is 20.1 Å². The van der Waals surface area contributed by atoms with Crippen LogP contribution < -0.4 is 0 Å². The van der Waals surface area contributed by atoms with E-state index in [4.69, 9.17) is 15.0 Å². The second-order valence-corrected chi connectivity index (χ2v) is 19.4. The average molecular weight is 1040 g/mol. The predicted molar refractivity (Wildman–Crippen MR) is 269 cm³/mol. The summed E-state index contributed by atoms with van der Waals surface area (Å²) in [6.45, 7) is 11.1. The Bertz CT molecular complexity index is 2890. The van der Waals surface area contributed by atoms with Crippen LogP contribution in [0.5, 0.6) is 0 Å². The summed E-state index contributed by atoms with van der Waals surface area (Å²) in [7, 11) is 0. The molecular weight excluding hydrogens is 979 g/mol. The summed E-state index contributed by atoms with van der Waals surface area (Å²) in [6, 6.07) is 57.8. The first-order chi connectivity index (χ1) is 33.0. The molecule has 0 bridgehead atoms. The van der Waals surface area contributed by atoms with Crippen molar-refractivity contribution in [2.75, 3.05) is 0 Å². The average Bonchev–Trinajstić information content (AvgIpc) is 3.37. The summed E-state index contributed by atoms with van der Waals surface area (Å²) in [4.78, 5) is 14.5. The first-order valence-electron chi connectivity index (χ1n) is 25.1. The summed E-state index contributed by atoms with van der Waals surface area (Å²) >= 11 is 0. The van der Waals surface area contributed by atoms with Crippen molar-refractivity contribution in [3.05, 3.63) is 221 Å². The Morgan fingerprint density at radius 2 is 1.02 bits per heavy atom. The second-order valence-electron chi connectivity index (χ2n) is 19.4. The number of aromatic nitrogens is 3. The molecule has 0 spiro atoms. The molecule has 0 atom stereocenters. The van der Waals surface area contributed by atoms with Gasteiger partial charge in [-0.3, -0.25) is 0 Å². The molecule has 1 fully saturated rings. The molecule has 3 aromatic heterocycles. The minimum Gasteiger partial charge on any atom is -0.304 e. The van der Waals surface area contributed by atoms with Gasteiger partial charge in [-0.1, -0.05) is 127 Å². The Morgan fingerprint density at radius 1 is 0.530 bits per heavy atom. The van der Waals surface area contributed by atoms with Crippen LogP contribution in [0.15, 0.2) is 164 Å². The topological polar surface area (TPSA) is 38.7 Å². The molecule has 4 heteroatoms. The van der Waals surface area contributed by atoms with E-state index >= 15 is 0 Å². The molecular formula is C62H60IrN3. The standard InChI is InChI=1S/C62H60N3.Ir/c1-60(2,54-30-32-57(64-43-54)49-18-10-6-11-19-49)40-46-36-45(37-47(38-46)41-61(3,4)55-31-33-58(65-44-55)50-20-12-7-13-21-50)24-25-52-42-63-59(51-22-14-8-15-23-51)39-56(52)48-26-28-53(29-27-48)62(5)34-16-9-17-35-62;/h6-8,10-15,18,20,22,26-33,36-39,42-44H,9,16-17,24-25,34-35,40-41H2,1-5H3;/q-3;+3/i24D2,25D2;. The number of aryl methyl sites for hydroxylation is 2. The van der Waals surface area contributed by atoms with Crippen molar-refractivity contribution in [1.82, 2.24) is 15.0 Å². The van der Waals surface area contributed by atoms with Gasteiger partial charge in [0.25, 0.3) is 0 Å². The third-order valence-corrected chi connectivity index (χ3v) is 13.5. The van der Waals surface area contributed by atoms with E-state index in [1.807, 2.05) is 116 Å². The van der Waals surface area contributed by atoms with Crippen LogP contribution in [0.25, 0.3) is 44.9 Å². The Labute approximate surface area is 413 Å². The second kappa shape index (κ2) is 20.4. The van der Waals surface area contributed by atoms with Gasteiger partial charge in [-0.2, -0.15) is 0 Å². The molecule has 3 heterocycles. The van der Waals surface area contributed by atoms with Gasteiger partial charge in [-0.15, -0.1) is 108 Å². The van der Waals surface area contributed by atoms with Crippen molar-refractivity contribution < 1.29 is 25.6 Å². The van der Waals surface area contributed by atoms with Gasteiger partial charge in [0.1, 0.15) is 0 Å². The normalized spacial score (nSPS) is 15.1. The quantitative estimate of drug-likeness (QED) is 0.102. The molecule has 0 radical (unpaired) electrons. The minimum atomic E-state index is -2.52. The van der Waals surface area contributed by atoms with Crippen molar-refractivity contribution >= 4 is 0 Å². The number of nitrogens with zero attached hydrogens (tertiary/aromatic N) is 3. The van der Waals surface area contributed by atoms with Crippen LogP contribution in [0.4, 0.5) is 0 Å². The largest absolute Gasteiger partial charge is 3.00 e.